The van der Waals surface area contributed by atoms with E-state index in [4.69, 9.17) is 15.6 Å². The first-order chi connectivity index (χ1) is 10.1. The van der Waals surface area contributed by atoms with E-state index in [2.05, 4.69) is 0 Å². The van der Waals surface area contributed by atoms with Crippen molar-refractivity contribution in [2.24, 2.45) is 5.73 Å². The van der Waals surface area contributed by atoms with Gasteiger partial charge in [-0.25, -0.2) is 0 Å². The number of nitrogens with two attached hydrogens (primary N) is 1. The van der Waals surface area contributed by atoms with Gasteiger partial charge in [0.05, 0.1) is 12.7 Å². The Bertz CT molecular complexity index is 613. The lowest BCUT2D eigenvalue weighted by molar-refractivity contribution is 0.0940. The standard InChI is InChI=1S/C16H17NO4/c17-16(20)15-7-6-14(9-11(15)8-12(19)10-18)21-13-4-2-1-3-5-13/h1-7,9,12,18-19H,8,10H2,(H2,17,20). The molecule has 2 aromatic carbocycles. The molecule has 1 atom stereocenters. The van der Waals surface area contributed by atoms with Crippen molar-refractivity contribution in [1.82, 2.24) is 0 Å². The predicted octanol–water partition coefficient (Wildman–Crippen LogP) is 1.47. The maximum absolute atomic E-state index is 11.4. The van der Waals surface area contributed by atoms with Crippen molar-refractivity contribution < 1.29 is 19.7 Å². The fraction of sp³-hybridized carbons (Fsp3) is 0.188. The zero-order chi connectivity index (χ0) is 15.2. The second-order valence-corrected chi connectivity index (χ2v) is 4.64. The largest absolute Gasteiger partial charge is 0.457 e. The number of carbonyl (C=O) groups excluding carboxylic acids is 1. The molecular weight excluding hydrogens is 270 g/mol. The highest BCUT2D eigenvalue weighted by Crippen LogP contribution is 2.24. The fourth-order valence-corrected chi connectivity index (χ4v) is 1.99. The van der Waals surface area contributed by atoms with E-state index in [-0.39, 0.29) is 13.0 Å². The second-order valence-electron chi connectivity index (χ2n) is 4.64. The van der Waals surface area contributed by atoms with Crippen molar-refractivity contribution >= 4 is 5.91 Å². The van der Waals surface area contributed by atoms with Crippen LogP contribution in [0.2, 0.25) is 0 Å². The maximum Gasteiger partial charge on any atom is 0.248 e. The molecule has 0 aliphatic heterocycles. The molecule has 5 heteroatoms. The Morgan fingerprint density at radius 3 is 2.48 bits per heavy atom. The minimum absolute atomic E-state index is 0.126. The molecule has 21 heavy (non-hydrogen) atoms. The van der Waals surface area contributed by atoms with Crippen molar-refractivity contribution in [3.05, 3.63) is 59.7 Å². The molecule has 2 aromatic rings. The van der Waals surface area contributed by atoms with Crippen LogP contribution in [0.4, 0.5) is 0 Å². The van der Waals surface area contributed by atoms with Crippen LogP contribution >= 0.6 is 0 Å². The van der Waals surface area contributed by atoms with Crippen LogP contribution < -0.4 is 10.5 Å². The quantitative estimate of drug-likeness (QED) is 0.750. The summed E-state index contributed by atoms with van der Waals surface area (Å²) in [7, 11) is 0. The molecule has 1 unspecified atom stereocenters. The SMILES string of the molecule is NC(=O)c1ccc(Oc2ccccc2)cc1CC(O)CO. The van der Waals surface area contributed by atoms with E-state index in [0.717, 1.165) is 0 Å². The highest BCUT2D eigenvalue weighted by molar-refractivity contribution is 5.94. The molecule has 0 aromatic heterocycles. The van der Waals surface area contributed by atoms with Gasteiger partial charge in [0.25, 0.3) is 0 Å². The van der Waals surface area contributed by atoms with Gasteiger partial charge < -0.3 is 20.7 Å². The van der Waals surface area contributed by atoms with Gasteiger partial charge in [-0.2, -0.15) is 0 Å². The van der Waals surface area contributed by atoms with Crippen LogP contribution in [0, 0.1) is 0 Å². The van der Waals surface area contributed by atoms with Crippen LogP contribution in [0.15, 0.2) is 48.5 Å². The summed E-state index contributed by atoms with van der Waals surface area (Å²) >= 11 is 0. The van der Waals surface area contributed by atoms with Crippen LogP contribution in [0.25, 0.3) is 0 Å². The van der Waals surface area contributed by atoms with Crippen LogP contribution in [0.1, 0.15) is 15.9 Å². The van der Waals surface area contributed by atoms with E-state index >= 15 is 0 Å². The third-order valence-electron chi connectivity index (χ3n) is 2.99. The average Bonchev–Trinajstić information content (AvgIpc) is 2.48. The summed E-state index contributed by atoms with van der Waals surface area (Å²) in [6.07, 6.45) is -0.823. The Morgan fingerprint density at radius 1 is 1.14 bits per heavy atom. The zero-order valence-corrected chi connectivity index (χ0v) is 11.4. The summed E-state index contributed by atoms with van der Waals surface area (Å²) in [4.78, 5) is 11.4. The molecule has 0 saturated heterocycles. The number of hydrogen-bond donors (Lipinski definition) is 3. The summed E-state index contributed by atoms with van der Waals surface area (Å²) in [5.74, 6) is 0.616. The summed E-state index contributed by atoms with van der Waals surface area (Å²) in [6.45, 7) is -0.387. The molecule has 0 fully saturated rings. The van der Waals surface area contributed by atoms with Gasteiger partial charge in [0.15, 0.2) is 0 Å². The molecule has 4 N–H and O–H groups in total. The molecule has 0 radical (unpaired) electrons. The van der Waals surface area contributed by atoms with Gasteiger partial charge in [-0.1, -0.05) is 18.2 Å². The minimum Gasteiger partial charge on any atom is -0.457 e. The third kappa shape index (κ3) is 4.05. The van der Waals surface area contributed by atoms with Gasteiger partial charge in [-0.15, -0.1) is 0 Å². The number of benzene rings is 2. The number of para-hydroxylation sites is 1. The molecule has 0 saturated carbocycles. The van der Waals surface area contributed by atoms with Crippen molar-refractivity contribution in [3.8, 4) is 11.5 Å². The highest BCUT2D eigenvalue weighted by Gasteiger charge is 2.13. The summed E-state index contributed by atoms with van der Waals surface area (Å²) in [5, 5.41) is 18.5. The normalized spacial score (nSPS) is 11.9. The van der Waals surface area contributed by atoms with E-state index in [1.54, 1.807) is 18.2 Å². The smallest absolute Gasteiger partial charge is 0.248 e. The molecular formula is C16H17NO4. The summed E-state index contributed by atoms with van der Waals surface area (Å²) < 4.78 is 5.67. The monoisotopic (exact) mass is 287 g/mol. The average molecular weight is 287 g/mol. The Balaban J connectivity index is 2.28. The van der Waals surface area contributed by atoms with E-state index in [9.17, 15) is 9.90 Å². The van der Waals surface area contributed by atoms with E-state index < -0.39 is 12.0 Å². The Morgan fingerprint density at radius 2 is 1.86 bits per heavy atom. The number of rotatable bonds is 6. The van der Waals surface area contributed by atoms with Crippen LogP contribution in [0.3, 0.4) is 0 Å². The van der Waals surface area contributed by atoms with Gasteiger partial charge in [0, 0.05) is 12.0 Å². The number of primary amides is 1. The van der Waals surface area contributed by atoms with Crippen molar-refractivity contribution in [2.45, 2.75) is 12.5 Å². The maximum atomic E-state index is 11.4. The Hall–Kier alpha value is -2.37. The van der Waals surface area contributed by atoms with Crippen LogP contribution in [-0.2, 0) is 6.42 Å². The number of ether oxygens (including phenoxy) is 1. The van der Waals surface area contributed by atoms with E-state index in [1.807, 2.05) is 30.3 Å². The fourth-order valence-electron chi connectivity index (χ4n) is 1.99. The number of amides is 1. The lowest BCUT2D eigenvalue weighted by Crippen LogP contribution is -2.20. The number of hydrogen-bond acceptors (Lipinski definition) is 4. The van der Waals surface area contributed by atoms with Gasteiger partial charge in [0.1, 0.15) is 11.5 Å². The molecule has 2 rings (SSSR count). The number of carbonyl (C=O) groups is 1. The predicted molar refractivity (Wildman–Crippen MR) is 78.3 cm³/mol. The molecule has 0 heterocycles. The van der Waals surface area contributed by atoms with E-state index in [0.29, 0.717) is 22.6 Å². The van der Waals surface area contributed by atoms with Crippen LogP contribution in [-0.4, -0.2) is 28.8 Å². The molecule has 110 valence electrons. The van der Waals surface area contributed by atoms with Crippen molar-refractivity contribution in [2.75, 3.05) is 6.61 Å². The number of aliphatic hydroxyl groups excluding tert-OH is 2. The first kappa shape index (κ1) is 15.0. The highest BCUT2D eigenvalue weighted by atomic mass is 16.5. The first-order valence-electron chi connectivity index (χ1n) is 6.54. The molecule has 0 aliphatic carbocycles. The second kappa shape index (κ2) is 6.88. The first-order valence-corrected chi connectivity index (χ1v) is 6.54. The number of aliphatic hydroxyl groups is 2. The molecule has 1 amide bonds. The Labute approximate surface area is 122 Å². The van der Waals surface area contributed by atoms with E-state index in [1.165, 1.54) is 0 Å². The van der Waals surface area contributed by atoms with Crippen LogP contribution in [0.5, 0.6) is 11.5 Å². The molecule has 0 spiro atoms. The minimum atomic E-state index is -0.949. The van der Waals surface area contributed by atoms with Crippen molar-refractivity contribution in [3.63, 3.8) is 0 Å². The molecule has 0 aliphatic rings. The lowest BCUT2D eigenvalue weighted by atomic mass is 10.0. The summed E-state index contributed by atoms with van der Waals surface area (Å²) in [5.41, 5.74) is 6.16. The zero-order valence-electron chi connectivity index (χ0n) is 11.4. The van der Waals surface area contributed by atoms with Gasteiger partial charge >= 0.3 is 0 Å². The summed E-state index contributed by atoms with van der Waals surface area (Å²) in [6, 6.07) is 14.0. The third-order valence-corrected chi connectivity index (χ3v) is 2.99. The molecule has 0 bridgehead atoms. The van der Waals surface area contributed by atoms with Gasteiger partial charge in [-0.05, 0) is 35.9 Å². The Kier molecular flexibility index (Phi) is 4.92. The molecule has 5 nitrogen and oxygen atoms in total. The lowest BCUT2D eigenvalue weighted by Gasteiger charge is -2.13. The topological polar surface area (TPSA) is 92.8 Å². The van der Waals surface area contributed by atoms with Gasteiger partial charge in [-0.3, -0.25) is 4.79 Å². The van der Waals surface area contributed by atoms with Gasteiger partial charge in [0.2, 0.25) is 5.91 Å². The van der Waals surface area contributed by atoms with Crippen molar-refractivity contribution in [1.29, 1.82) is 0 Å².